The molecule has 0 aliphatic rings. The van der Waals surface area contributed by atoms with Crippen molar-refractivity contribution in [1.29, 1.82) is 0 Å². The second-order valence-electron chi connectivity index (χ2n) is 8.24. The van der Waals surface area contributed by atoms with E-state index in [1.807, 2.05) is 48.5 Å². The summed E-state index contributed by atoms with van der Waals surface area (Å²) in [6.07, 6.45) is 0. The summed E-state index contributed by atoms with van der Waals surface area (Å²) in [6, 6.07) is 59.2. The van der Waals surface area contributed by atoms with E-state index in [9.17, 15) is 0 Å². The minimum atomic E-state index is 0. The Morgan fingerprint density at radius 3 is 1.03 bits per heavy atom. The first-order valence-corrected chi connectivity index (χ1v) is 12.1. The van der Waals surface area contributed by atoms with Crippen LogP contribution in [0, 0.1) is 26.0 Å². The zero-order valence-corrected chi connectivity index (χ0v) is 23.1. The zero-order chi connectivity index (χ0) is 25.3. The molecule has 0 fully saturated rings. The van der Waals surface area contributed by atoms with Crippen LogP contribution in [0.5, 0.6) is 0 Å². The minimum absolute atomic E-state index is 0. The van der Waals surface area contributed by atoms with Gasteiger partial charge in [0.1, 0.15) is 0 Å². The molecule has 0 radical (unpaired) electrons. The van der Waals surface area contributed by atoms with Gasteiger partial charge in [-0.2, -0.15) is 96.1 Å². The molecule has 0 spiro atoms. The summed E-state index contributed by atoms with van der Waals surface area (Å²) < 4.78 is 0. The van der Waals surface area contributed by atoms with Crippen LogP contribution in [-0.4, -0.2) is 0 Å². The zero-order valence-electron chi connectivity index (χ0n) is 21.5. The van der Waals surface area contributed by atoms with Gasteiger partial charge in [-0.05, 0) is 0 Å². The molecule has 0 unspecified atom stereocenters. The van der Waals surface area contributed by atoms with Crippen molar-refractivity contribution in [2.24, 2.45) is 0 Å². The van der Waals surface area contributed by atoms with Crippen LogP contribution in [0.15, 0.2) is 158 Å². The molecule has 0 aromatic heterocycles. The minimum Gasteiger partial charge on any atom is -0.184 e. The Bertz CT molecular complexity index is 1180. The van der Waals surface area contributed by atoms with E-state index < -0.39 is 0 Å². The van der Waals surface area contributed by atoms with Crippen LogP contribution in [0.4, 0.5) is 0 Å². The molecule has 1 heteroatoms. The Labute approximate surface area is 237 Å². The van der Waals surface area contributed by atoms with E-state index in [-0.39, 0.29) is 21.7 Å². The first-order chi connectivity index (χ1) is 17.7. The van der Waals surface area contributed by atoms with Crippen molar-refractivity contribution in [2.45, 2.75) is 13.8 Å². The van der Waals surface area contributed by atoms with Gasteiger partial charge in [0, 0.05) is 0 Å². The van der Waals surface area contributed by atoms with Crippen LogP contribution >= 0.6 is 0 Å². The smallest absolute Gasteiger partial charge is 0.184 e. The van der Waals surface area contributed by atoms with Crippen LogP contribution in [0.25, 0.3) is 22.3 Å². The van der Waals surface area contributed by atoms with Crippen molar-refractivity contribution in [2.75, 3.05) is 0 Å². The predicted octanol–water partition coefficient (Wildman–Crippen LogP) is 9.73. The maximum absolute atomic E-state index is 2.96. The quantitative estimate of drug-likeness (QED) is 0.160. The third kappa shape index (κ3) is 11.7. The van der Waals surface area contributed by atoms with Gasteiger partial charge in [-0.15, -0.1) is 59.7 Å². The summed E-state index contributed by atoms with van der Waals surface area (Å²) in [7, 11) is 0. The molecule has 6 rings (SSSR count). The monoisotopic (exact) mass is 512 g/mol. The number of hydrogen-bond donors (Lipinski definition) is 0. The van der Waals surface area contributed by atoms with Gasteiger partial charge >= 0.3 is 21.7 Å². The largest absolute Gasteiger partial charge is 4.00 e. The van der Waals surface area contributed by atoms with Crippen LogP contribution in [0.3, 0.4) is 0 Å². The predicted molar refractivity (Wildman–Crippen MR) is 155 cm³/mol. The van der Waals surface area contributed by atoms with Crippen molar-refractivity contribution >= 4 is 0 Å². The first kappa shape index (κ1) is 29.5. The Morgan fingerprint density at radius 1 is 0.432 bits per heavy atom. The maximum atomic E-state index is 2.96. The molecule has 0 atom stereocenters. The van der Waals surface area contributed by atoms with Crippen molar-refractivity contribution in [3.63, 3.8) is 0 Å². The van der Waals surface area contributed by atoms with Gasteiger partial charge in [0.15, 0.2) is 0 Å². The van der Waals surface area contributed by atoms with Gasteiger partial charge in [0.2, 0.25) is 0 Å². The maximum Gasteiger partial charge on any atom is 4.00 e. The van der Waals surface area contributed by atoms with Gasteiger partial charge in [0.05, 0.1) is 0 Å². The summed E-state index contributed by atoms with van der Waals surface area (Å²) in [4.78, 5) is 0. The van der Waals surface area contributed by atoms with E-state index >= 15 is 0 Å². The molecule has 0 aliphatic heterocycles. The molecular weight excluding hydrogens is 480 g/mol. The fourth-order valence-corrected chi connectivity index (χ4v) is 3.36. The van der Waals surface area contributed by atoms with Crippen molar-refractivity contribution in [1.82, 2.24) is 0 Å². The number of hydrogen-bond acceptors (Lipinski definition) is 0. The summed E-state index contributed by atoms with van der Waals surface area (Å²) in [6.45, 7) is 4.10. The molecule has 180 valence electrons. The average Bonchev–Trinajstić information content (AvgIpc) is 3.67. The van der Waals surface area contributed by atoms with E-state index in [4.69, 9.17) is 0 Å². The normalized spacial score (nSPS) is 9.14. The summed E-state index contributed by atoms with van der Waals surface area (Å²) in [5.41, 5.74) is 7.70. The Kier molecular flexibility index (Phi) is 14.1. The second kappa shape index (κ2) is 17.7. The van der Waals surface area contributed by atoms with Gasteiger partial charge in [-0.3, -0.25) is 0 Å². The number of aryl methyl sites for hydroxylation is 2. The first-order valence-electron chi connectivity index (χ1n) is 12.1. The van der Waals surface area contributed by atoms with Crippen LogP contribution in [0.2, 0.25) is 0 Å². The molecule has 6 aromatic rings. The summed E-state index contributed by atoms with van der Waals surface area (Å²) in [5.74, 6) is 0. The van der Waals surface area contributed by atoms with Gasteiger partial charge in [0.25, 0.3) is 0 Å². The molecule has 0 saturated carbocycles. The SMILES string of the molecule is Cc1c[c-]ccc1.Cc1c[c-]ccc1.[Ti+4].c1ccc(-[c-]2cccc2)cc1.c1ccc(-[c-]2cccc2)cc1. The van der Waals surface area contributed by atoms with E-state index in [2.05, 4.69) is 135 Å². The van der Waals surface area contributed by atoms with Crippen molar-refractivity contribution in [3.8, 4) is 22.3 Å². The van der Waals surface area contributed by atoms with Crippen LogP contribution < -0.4 is 0 Å². The Morgan fingerprint density at radius 2 is 0.784 bits per heavy atom. The molecule has 0 nitrogen and oxygen atoms in total. The fourth-order valence-electron chi connectivity index (χ4n) is 3.36. The fraction of sp³-hybridized carbons (Fsp3) is 0.0556. The van der Waals surface area contributed by atoms with Gasteiger partial charge in [-0.25, -0.2) is 0 Å². The number of rotatable bonds is 2. The summed E-state index contributed by atoms with van der Waals surface area (Å²) >= 11 is 0. The Balaban J connectivity index is 0.000000176. The van der Waals surface area contributed by atoms with Crippen LogP contribution in [-0.2, 0) is 21.7 Å². The molecule has 0 heterocycles. The second-order valence-corrected chi connectivity index (χ2v) is 8.24. The number of benzene rings is 4. The van der Waals surface area contributed by atoms with Crippen molar-refractivity contribution < 1.29 is 21.7 Å². The average molecular weight is 513 g/mol. The molecule has 0 bridgehead atoms. The van der Waals surface area contributed by atoms with E-state index in [0.717, 1.165) is 0 Å². The molecule has 0 aliphatic carbocycles. The Hall–Kier alpha value is -3.71. The third-order valence-electron chi connectivity index (χ3n) is 5.26. The summed E-state index contributed by atoms with van der Waals surface area (Å²) in [5, 5.41) is 0. The van der Waals surface area contributed by atoms with E-state index in [1.54, 1.807) is 0 Å². The van der Waals surface area contributed by atoms with Gasteiger partial charge < -0.3 is 0 Å². The van der Waals surface area contributed by atoms with E-state index in [0.29, 0.717) is 0 Å². The molecule has 6 aromatic carbocycles. The third-order valence-corrected chi connectivity index (χ3v) is 5.26. The molecule has 37 heavy (non-hydrogen) atoms. The molecule has 0 amide bonds. The van der Waals surface area contributed by atoms with Gasteiger partial charge in [-0.1, -0.05) is 61.4 Å². The van der Waals surface area contributed by atoms with E-state index in [1.165, 1.54) is 33.4 Å². The van der Waals surface area contributed by atoms with Crippen molar-refractivity contribution in [3.05, 3.63) is 181 Å². The standard InChI is InChI=1S/2C11H9.2C7H7.Ti/c2*1-2-6-10(7-3-1)11-8-4-5-9-11;2*1-7-5-3-2-4-6-7;/h2*1-9H;2*2-3,5-6H,1H3;/q4*-1;+4. The topological polar surface area (TPSA) is 0 Å². The van der Waals surface area contributed by atoms with Crippen LogP contribution in [0.1, 0.15) is 11.1 Å². The molecule has 0 saturated heterocycles. The molecular formula is C36H32Ti. The molecule has 0 N–H and O–H groups in total.